The van der Waals surface area contributed by atoms with Crippen molar-refractivity contribution in [3.05, 3.63) is 69.7 Å². The summed E-state index contributed by atoms with van der Waals surface area (Å²) >= 11 is 12.4. The van der Waals surface area contributed by atoms with Crippen LogP contribution >= 0.6 is 23.2 Å². The fraction of sp³-hybridized carbons (Fsp3) is 0.333. The van der Waals surface area contributed by atoms with Crippen LogP contribution in [0.25, 0.3) is 0 Å². The Balaban J connectivity index is 2.00. The van der Waals surface area contributed by atoms with Gasteiger partial charge in [0.2, 0.25) is 0 Å². The van der Waals surface area contributed by atoms with Gasteiger partial charge >= 0.3 is 0 Å². The van der Waals surface area contributed by atoms with Gasteiger partial charge in [-0.3, -0.25) is 4.90 Å². The number of benzene rings is 2. The lowest BCUT2D eigenvalue weighted by Gasteiger charge is -2.50. The molecule has 1 nitrogen and oxygen atoms in total. The summed E-state index contributed by atoms with van der Waals surface area (Å²) in [5, 5.41) is 1.39. The molecule has 0 aromatic heterocycles. The van der Waals surface area contributed by atoms with Gasteiger partial charge in [0.25, 0.3) is 0 Å². The Morgan fingerprint density at radius 1 is 0.905 bits per heavy atom. The molecule has 0 amide bonds. The van der Waals surface area contributed by atoms with Crippen LogP contribution in [0.4, 0.5) is 0 Å². The first-order valence-corrected chi connectivity index (χ1v) is 7.95. The van der Waals surface area contributed by atoms with E-state index in [1.807, 2.05) is 18.2 Å². The summed E-state index contributed by atoms with van der Waals surface area (Å²) in [6, 6.07) is 16.6. The van der Waals surface area contributed by atoms with Gasteiger partial charge < -0.3 is 0 Å². The minimum Gasteiger partial charge on any atom is -0.291 e. The third-order valence-corrected chi connectivity index (χ3v) is 4.38. The Kier molecular flexibility index (Phi) is 4.00. The first kappa shape index (κ1) is 14.9. The summed E-state index contributed by atoms with van der Waals surface area (Å²) in [7, 11) is 0. The van der Waals surface area contributed by atoms with Crippen molar-refractivity contribution in [2.75, 3.05) is 13.1 Å². The summed E-state index contributed by atoms with van der Waals surface area (Å²) in [5.74, 6) is 0. The summed E-state index contributed by atoms with van der Waals surface area (Å²) in [4.78, 5) is 2.48. The lowest BCUT2D eigenvalue weighted by molar-refractivity contribution is 0.00592. The molecule has 0 spiro atoms. The molecule has 0 radical (unpaired) electrons. The normalized spacial score (nSPS) is 19.0. The van der Waals surface area contributed by atoms with Gasteiger partial charge in [-0.1, -0.05) is 67.4 Å². The zero-order valence-electron chi connectivity index (χ0n) is 12.3. The van der Waals surface area contributed by atoms with Crippen molar-refractivity contribution in [2.24, 2.45) is 5.41 Å². The zero-order valence-corrected chi connectivity index (χ0v) is 13.8. The third-order valence-electron chi connectivity index (χ3n) is 3.94. The molecule has 0 N–H and O–H groups in total. The van der Waals surface area contributed by atoms with E-state index in [2.05, 4.69) is 43.0 Å². The van der Waals surface area contributed by atoms with E-state index in [1.54, 1.807) is 6.07 Å². The topological polar surface area (TPSA) is 3.24 Å². The van der Waals surface area contributed by atoms with Crippen LogP contribution in [0.1, 0.15) is 31.0 Å². The van der Waals surface area contributed by atoms with Crippen LogP contribution < -0.4 is 0 Å². The highest BCUT2D eigenvalue weighted by Gasteiger charge is 2.39. The van der Waals surface area contributed by atoms with Crippen LogP contribution in [0.2, 0.25) is 10.0 Å². The molecule has 1 unspecified atom stereocenters. The molecule has 21 heavy (non-hydrogen) atoms. The minimum absolute atomic E-state index is 0.218. The fourth-order valence-electron chi connectivity index (χ4n) is 3.22. The van der Waals surface area contributed by atoms with Crippen molar-refractivity contribution < 1.29 is 0 Å². The molecule has 110 valence electrons. The van der Waals surface area contributed by atoms with Gasteiger partial charge in [0, 0.05) is 23.1 Å². The largest absolute Gasteiger partial charge is 0.291 e. The second-order valence-corrected chi connectivity index (χ2v) is 7.46. The molecule has 0 aliphatic carbocycles. The Morgan fingerprint density at radius 3 is 2.00 bits per heavy atom. The average molecular weight is 320 g/mol. The molecule has 2 aromatic carbocycles. The lowest BCUT2D eigenvalue weighted by atomic mass is 9.81. The first-order chi connectivity index (χ1) is 9.94. The van der Waals surface area contributed by atoms with Crippen molar-refractivity contribution in [1.29, 1.82) is 0 Å². The number of hydrogen-bond donors (Lipinski definition) is 0. The van der Waals surface area contributed by atoms with Crippen molar-refractivity contribution >= 4 is 23.2 Å². The van der Waals surface area contributed by atoms with Gasteiger partial charge in [-0.05, 0) is 34.7 Å². The van der Waals surface area contributed by atoms with Crippen LogP contribution in [0.3, 0.4) is 0 Å². The molecule has 1 fully saturated rings. The van der Waals surface area contributed by atoms with Crippen LogP contribution in [0.5, 0.6) is 0 Å². The number of likely N-dealkylation sites (tertiary alicyclic amines) is 1. The van der Waals surface area contributed by atoms with E-state index < -0.39 is 0 Å². The fourth-order valence-corrected chi connectivity index (χ4v) is 3.76. The molecular weight excluding hydrogens is 301 g/mol. The number of halogens is 2. The van der Waals surface area contributed by atoms with Crippen LogP contribution in [-0.2, 0) is 0 Å². The number of nitrogens with zero attached hydrogens (tertiary/aromatic N) is 1. The van der Waals surface area contributed by atoms with Crippen LogP contribution in [0, 0.1) is 5.41 Å². The lowest BCUT2D eigenvalue weighted by Crippen LogP contribution is -2.54. The van der Waals surface area contributed by atoms with E-state index in [4.69, 9.17) is 23.2 Å². The van der Waals surface area contributed by atoms with Gasteiger partial charge in [-0.2, -0.15) is 0 Å². The van der Waals surface area contributed by atoms with E-state index in [-0.39, 0.29) is 6.04 Å². The van der Waals surface area contributed by atoms with Gasteiger partial charge in [0.1, 0.15) is 0 Å². The highest BCUT2D eigenvalue weighted by atomic mass is 35.5. The Labute approximate surface area is 136 Å². The highest BCUT2D eigenvalue weighted by molar-refractivity contribution is 6.34. The molecule has 1 heterocycles. The standard InChI is InChI=1S/C18H19Cl2N/c1-18(2)11-21(12-18)17(13-6-4-3-5-7-13)14-8-15(19)10-16(20)9-14/h3-10,17H,11-12H2,1-2H3. The monoisotopic (exact) mass is 319 g/mol. The van der Waals surface area contributed by atoms with Crippen molar-refractivity contribution in [3.8, 4) is 0 Å². The van der Waals surface area contributed by atoms with Gasteiger partial charge in [0.05, 0.1) is 6.04 Å². The predicted octanol–water partition coefficient (Wildman–Crippen LogP) is 5.42. The quantitative estimate of drug-likeness (QED) is 0.729. The van der Waals surface area contributed by atoms with E-state index in [0.29, 0.717) is 15.5 Å². The Morgan fingerprint density at radius 2 is 1.48 bits per heavy atom. The maximum atomic E-state index is 6.20. The molecule has 1 aliphatic heterocycles. The van der Waals surface area contributed by atoms with Gasteiger partial charge in [-0.15, -0.1) is 0 Å². The molecule has 1 aliphatic rings. The highest BCUT2D eigenvalue weighted by Crippen LogP contribution is 2.40. The van der Waals surface area contributed by atoms with Crippen molar-refractivity contribution in [2.45, 2.75) is 19.9 Å². The van der Waals surface area contributed by atoms with Crippen LogP contribution in [-0.4, -0.2) is 18.0 Å². The molecular formula is C18H19Cl2N. The Bertz CT molecular complexity index is 609. The maximum Gasteiger partial charge on any atom is 0.0603 e. The van der Waals surface area contributed by atoms with E-state index in [0.717, 1.165) is 18.7 Å². The maximum absolute atomic E-state index is 6.20. The number of hydrogen-bond acceptors (Lipinski definition) is 1. The van der Waals surface area contributed by atoms with Crippen molar-refractivity contribution in [3.63, 3.8) is 0 Å². The van der Waals surface area contributed by atoms with E-state index >= 15 is 0 Å². The molecule has 2 aromatic rings. The molecule has 3 rings (SSSR count). The summed E-state index contributed by atoms with van der Waals surface area (Å²) < 4.78 is 0. The second kappa shape index (κ2) is 5.64. The Hall–Kier alpha value is -1.02. The molecule has 1 saturated heterocycles. The summed E-state index contributed by atoms with van der Waals surface area (Å²) in [6.45, 7) is 6.76. The summed E-state index contributed by atoms with van der Waals surface area (Å²) in [5.41, 5.74) is 2.83. The number of rotatable bonds is 3. The molecule has 1 atom stereocenters. The smallest absolute Gasteiger partial charge is 0.0603 e. The third kappa shape index (κ3) is 3.26. The van der Waals surface area contributed by atoms with Crippen molar-refractivity contribution in [1.82, 2.24) is 4.90 Å². The summed E-state index contributed by atoms with van der Waals surface area (Å²) in [6.07, 6.45) is 0. The van der Waals surface area contributed by atoms with Gasteiger partial charge in [0.15, 0.2) is 0 Å². The van der Waals surface area contributed by atoms with E-state index in [1.165, 1.54) is 5.56 Å². The first-order valence-electron chi connectivity index (χ1n) is 7.20. The average Bonchev–Trinajstić information content (AvgIpc) is 2.37. The second-order valence-electron chi connectivity index (χ2n) is 6.59. The zero-order chi connectivity index (χ0) is 15.0. The minimum atomic E-state index is 0.218. The van der Waals surface area contributed by atoms with Crippen LogP contribution in [0.15, 0.2) is 48.5 Å². The molecule has 0 bridgehead atoms. The van der Waals surface area contributed by atoms with E-state index in [9.17, 15) is 0 Å². The van der Waals surface area contributed by atoms with Gasteiger partial charge in [-0.25, -0.2) is 0 Å². The predicted molar refractivity (Wildman–Crippen MR) is 90.1 cm³/mol. The SMILES string of the molecule is CC1(C)CN(C(c2ccccc2)c2cc(Cl)cc(Cl)c2)C1. The molecule has 0 saturated carbocycles. The molecule has 3 heteroatoms.